The van der Waals surface area contributed by atoms with Crippen molar-refractivity contribution in [3.8, 4) is 0 Å². The summed E-state index contributed by atoms with van der Waals surface area (Å²) >= 11 is 0. The first-order chi connectivity index (χ1) is 15.6. The zero-order valence-electron chi connectivity index (χ0n) is 19.8. The summed E-state index contributed by atoms with van der Waals surface area (Å²) in [5.74, 6) is 0. The highest BCUT2D eigenvalue weighted by Gasteiger charge is 2.39. The van der Waals surface area contributed by atoms with Gasteiger partial charge in [-0.25, -0.2) is 5.01 Å². The Labute approximate surface area is 193 Å². The molecule has 3 aliphatic rings. The molecular weight excluding hydrogens is 396 g/mol. The van der Waals surface area contributed by atoms with E-state index >= 15 is 0 Å². The fraction of sp³-hybridized carbons (Fsp3) is 0.538. The molecule has 1 atom stereocenters. The highest BCUT2D eigenvalue weighted by Crippen LogP contribution is 2.44. The summed E-state index contributed by atoms with van der Waals surface area (Å²) < 4.78 is 0. The lowest BCUT2D eigenvalue weighted by Gasteiger charge is -2.40. The van der Waals surface area contributed by atoms with E-state index in [1.807, 2.05) is 12.2 Å². The maximum Gasteiger partial charge on any atom is 0.103 e. The Balaban J connectivity index is 1.29. The summed E-state index contributed by atoms with van der Waals surface area (Å²) in [7, 11) is 2.23. The molecule has 174 valence electrons. The number of rotatable bonds is 9. The predicted molar refractivity (Wildman–Crippen MR) is 134 cm³/mol. The van der Waals surface area contributed by atoms with Gasteiger partial charge in [-0.1, -0.05) is 43.9 Å². The molecule has 1 fully saturated rings. The SMILES string of the molecule is C=C/C(=C\CN)C1=CNCN1N1CCC(NCCC2(CC)CN(C)c3ccccc32)CC1. The quantitative estimate of drug-likeness (QED) is 0.518. The second kappa shape index (κ2) is 10.1. The van der Waals surface area contributed by atoms with Crippen LogP contribution >= 0.6 is 0 Å². The molecule has 0 aliphatic carbocycles. The summed E-state index contributed by atoms with van der Waals surface area (Å²) in [4.78, 5) is 2.43. The zero-order chi connectivity index (χ0) is 22.6. The smallest absolute Gasteiger partial charge is 0.103 e. The lowest BCUT2D eigenvalue weighted by Crippen LogP contribution is -2.50. The van der Waals surface area contributed by atoms with Crippen LogP contribution < -0.4 is 21.3 Å². The van der Waals surface area contributed by atoms with Gasteiger partial charge < -0.3 is 21.3 Å². The van der Waals surface area contributed by atoms with Gasteiger partial charge in [0.25, 0.3) is 0 Å². The summed E-state index contributed by atoms with van der Waals surface area (Å²) in [6, 6.07) is 9.56. The Morgan fingerprint density at radius 3 is 2.81 bits per heavy atom. The van der Waals surface area contributed by atoms with Crippen LogP contribution in [0.15, 0.2) is 60.5 Å². The molecule has 32 heavy (non-hydrogen) atoms. The second-order valence-electron chi connectivity index (χ2n) is 9.33. The third-order valence-electron chi connectivity index (χ3n) is 7.56. The minimum Gasteiger partial charge on any atom is -0.373 e. The molecule has 0 spiro atoms. The number of hydrogen-bond donors (Lipinski definition) is 3. The van der Waals surface area contributed by atoms with E-state index in [1.165, 1.54) is 42.6 Å². The van der Waals surface area contributed by atoms with Crippen molar-refractivity contribution in [2.75, 3.05) is 51.3 Å². The first kappa shape index (κ1) is 22.9. The van der Waals surface area contributed by atoms with Crippen molar-refractivity contribution in [3.63, 3.8) is 0 Å². The van der Waals surface area contributed by atoms with E-state index in [0.717, 1.165) is 38.4 Å². The van der Waals surface area contributed by atoms with Crippen LogP contribution in [-0.2, 0) is 5.41 Å². The number of allylic oxidation sites excluding steroid dienone is 1. The van der Waals surface area contributed by atoms with E-state index in [0.29, 0.717) is 12.6 Å². The van der Waals surface area contributed by atoms with Crippen LogP contribution in [0.25, 0.3) is 0 Å². The molecular formula is C26H40N6. The Hall–Kier alpha value is -2.28. The molecule has 1 unspecified atom stereocenters. The number of hydrazine groups is 1. The molecule has 4 N–H and O–H groups in total. The van der Waals surface area contributed by atoms with Crippen LogP contribution in [0, 0.1) is 0 Å². The van der Waals surface area contributed by atoms with E-state index in [1.54, 1.807) is 0 Å². The van der Waals surface area contributed by atoms with Gasteiger partial charge in [0.15, 0.2) is 0 Å². The minimum atomic E-state index is 0.274. The van der Waals surface area contributed by atoms with Crippen molar-refractivity contribution < 1.29 is 0 Å². The van der Waals surface area contributed by atoms with Crippen LogP contribution in [0.5, 0.6) is 0 Å². The number of fused-ring (bicyclic) bond motifs is 1. The molecule has 3 heterocycles. The van der Waals surface area contributed by atoms with Crippen molar-refractivity contribution in [3.05, 3.63) is 66.0 Å². The Morgan fingerprint density at radius 1 is 1.31 bits per heavy atom. The maximum atomic E-state index is 5.74. The normalized spacial score (nSPS) is 24.5. The number of piperidine rings is 1. The molecule has 0 aromatic heterocycles. The van der Waals surface area contributed by atoms with Gasteiger partial charge in [0, 0.05) is 56.6 Å². The van der Waals surface area contributed by atoms with Crippen molar-refractivity contribution in [1.29, 1.82) is 0 Å². The molecule has 6 heteroatoms. The zero-order valence-corrected chi connectivity index (χ0v) is 19.8. The topological polar surface area (TPSA) is 59.8 Å². The first-order valence-electron chi connectivity index (χ1n) is 12.1. The van der Waals surface area contributed by atoms with Gasteiger partial charge in [0.1, 0.15) is 6.67 Å². The molecule has 0 saturated carbocycles. The number of nitrogens with zero attached hydrogens (tertiary/aromatic N) is 3. The summed E-state index contributed by atoms with van der Waals surface area (Å²) in [5, 5.41) is 12.1. The second-order valence-corrected chi connectivity index (χ2v) is 9.33. The highest BCUT2D eigenvalue weighted by molar-refractivity contribution is 5.62. The number of para-hydroxylation sites is 1. The van der Waals surface area contributed by atoms with Crippen LogP contribution in [0.4, 0.5) is 5.69 Å². The summed E-state index contributed by atoms with van der Waals surface area (Å²) in [6.07, 6.45) is 10.7. The molecule has 1 aromatic rings. The van der Waals surface area contributed by atoms with Crippen molar-refractivity contribution in [1.82, 2.24) is 20.7 Å². The largest absolute Gasteiger partial charge is 0.373 e. The van der Waals surface area contributed by atoms with E-state index in [4.69, 9.17) is 5.73 Å². The van der Waals surface area contributed by atoms with Gasteiger partial charge in [0.05, 0.1) is 5.70 Å². The molecule has 1 saturated heterocycles. The fourth-order valence-electron chi connectivity index (χ4n) is 5.69. The van der Waals surface area contributed by atoms with Gasteiger partial charge in [-0.05, 0) is 49.4 Å². The average Bonchev–Trinajstić information content (AvgIpc) is 3.42. The predicted octanol–water partition coefficient (Wildman–Crippen LogP) is 2.92. The highest BCUT2D eigenvalue weighted by atomic mass is 15.7. The van der Waals surface area contributed by atoms with E-state index in [-0.39, 0.29) is 5.41 Å². The van der Waals surface area contributed by atoms with Crippen LogP contribution in [0.3, 0.4) is 0 Å². The summed E-state index contributed by atoms with van der Waals surface area (Å²) in [5.41, 5.74) is 11.2. The van der Waals surface area contributed by atoms with Crippen molar-refractivity contribution in [2.24, 2.45) is 5.73 Å². The lowest BCUT2D eigenvalue weighted by atomic mass is 9.77. The third kappa shape index (κ3) is 4.45. The molecule has 4 rings (SSSR count). The van der Waals surface area contributed by atoms with E-state index in [2.05, 4.69) is 76.6 Å². The van der Waals surface area contributed by atoms with Gasteiger partial charge in [0.2, 0.25) is 0 Å². The van der Waals surface area contributed by atoms with Gasteiger partial charge in [-0.2, -0.15) is 0 Å². The number of benzene rings is 1. The number of hydrogen-bond acceptors (Lipinski definition) is 6. The van der Waals surface area contributed by atoms with Crippen LogP contribution in [0.1, 0.15) is 38.2 Å². The fourth-order valence-corrected chi connectivity index (χ4v) is 5.69. The number of likely N-dealkylation sites (N-methyl/N-ethyl adjacent to an activating group) is 1. The Morgan fingerprint density at radius 2 is 2.09 bits per heavy atom. The van der Waals surface area contributed by atoms with Crippen molar-refractivity contribution in [2.45, 2.75) is 44.1 Å². The van der Waals surface area contributed by atoms with Crippen LogP contribution in [-0.4, -0.2) is 62.5 Å². The number of nitrogens with one attached hydrogen (secondary N) is 2. The lowest BCUT2D eigenvalue weighted by molar-refractivity contribution is -0.00734. The molecule has 0 radical (unpaired) electrons. The van der Waals surface area contributed by atoms with E-state index < -0.39 is 0 Å². The Bertz CT molecular complexity index is 854. The Kier molecular flexibility index (Phi) is 7.23. The first-order valence-corrected chi connectivity index (χ1v) is 12.1. The molecule has 0 bridgehead atoms. The molecule has 6 nitrogen and oxygen atoms in total. The monoisotopic (exact) mass is 436 g/mol. The maximum absolute atomic E-state index is 5.74. The van der Waals surface area contributed by atoms with Gasteiger partial charge in [-0.15, -0.1) is 0 Å². The summed E-state index contributed by atoms with van der Waals surface area (Å²) in [6.45, 7) is 12.0. The molecule has 3 aliphatic heterocycles. The van der Waals surface area contributed by atoms with Crippen LogP contribution in [0.2, 0.25) is 0 Å². The number of nitrogens with two attached hydrogens (primary N) is 1. The van der Waals surface area contributed by atoms with E-state index in [9.17, 15) is 0 Å². The molecule has 0 amide bonds. The van der Waals surface area contributed by atoms with Gasteiger partial charge in [-0.3, -0.25) is 5.01 Å². The van der Waals surface area contributed by atoms with Crippen molar-refractivity contribution >= 4 is 5.69 Å². The minimum absolute atomic E-state index is 0.274. The number of anilines is 1. The average molecular weight is 437 g/mol. The molecule has 1 aromatic carbocycles. The standard InChI is InChI=1S/C26H40N6/c1-4-21(10-14-27)25-18-28-20-32(25)31-16-11-22(12-17-31)29-15-13-26(5-2)19-30(3)24-9-7-6-8-23(24)26/h4,6-10,18,22,28-29H,1,5,11-17,19-20,27H2,2-3H3/b21-10+. The third-order valence-corrected chi connectivity index (χ3v) is 7.56. The van der Waals surface area contributed by atoms with Gasteiger partial charge >= 0.3 is 0 Å².